The van der Waals surface area contributed by atoms with Crippen molar-refractivity contribution in [3.8, 4) is 11.3 Å². The predicted molar refractivity (Wildman–Crippen MR) is 150 cm³/mol. The average Bonchev–Trinajstić information content (AvgIpc) is 2.88. The number of amides is 2. The molecule has 0 spiro atoms. The second-order valence-corrected chi connectivity index (χ2v) is 11.3. The highest BCUT2D eigenvalue weighted by molar-refractivity contribution is 6.04. The van der Waals surface area contributed by atoms with Crippen LogP contribution >= 0.6 is 0 Å². The molecule has 2 atom stereocenters. The van der Waals surface area contributed by atoms with E-state index >= 15 is 0 Å². The van der Waals surface area contributed by atoms with Gasteiger partial charge in [0.25, 0.3) is 5.91 Å². The van der Waals surface area contributed by atoms with Crippen LogP contribution in [0.2, 0.25) is 0 Å². The zero-order valence-electron chi connectivity index (χ0n) is 23.7. The zero-order valence-corrected chi connectivity index (χ0v) is 23.7. The summed E-state index contributed by atoms with van der Waals surface area (Å²) in [5.41, 5.74) is -0.656. The summed E-state index contributed by atoms with van der Waals surface area (Å²) in [4.78, 5) is 35.7. The van der Waals surface area contributed by atoms with Gasteiger partial charge in [-0.3, -0.25) is 9.78 Å². The van der Waals surface area contributed by atoms with Gasteiger partial charge in [0.05, 0.1) is 23.1 Å². The van der Waals surface area contributed by atoms with Crippen LogP contribution in [0.15, 0.2) is 42.7 Å². The number of aryl methyl sites for hydroxylation is 1. The van der Waals surface area contributed by atoms with E-state index < -0.39 is 46.3 Å². The number of hydrogen-bond donors (Lipinski definition) is 2. The Morgan fingerprint density at radius 3 is 2.44 bits per heavy atom. The smallest absolute Gasteiger partial charge is 0.407 e. The van der Waals surface area contributed by atoms with Crippen molar-refractivity contribution in [2.75, 3.05) is 23.3 Å². The zero-order chi connectivity index (χ0) is 29.9. The Morgan fingerprint density at radius 2 is 1.78 bits per heavy atom. The van der Waals surface area contributed by atoms with Crippen molar-refractivity contribution in [3.05, 3.63) is 71.4 Å². The van der Waals surface area contributed by atoms with Gasteiger partial charge in [0.1, 0.15) is 34.4 Å². The summed E-state index contributed by atoms with van der Waals surface area (Å²) in [7, 11) is 0. The number of alkyl carbamates (subject to hydrolysis) is 1. The topological polar surface area (TPSA) is 96.5 Å². The summed E-state index contributed by atoms with van der Waals surface area (Å²) >= 11 is 0. The third-order valence-corrected chi connectivity index (χ3v) is 6.59. The summed E-state index contributed by atoms with van der Waals surface area (Å²) in [6, 6.07) is 5.88. The molecule has 11 heteroatoms. The van der Waals surface area contributed by atoms with Crippen LogP contribution in [0.3, 0.4) is 0 Å². The number of carbonyl (C=O) groups excluding carboxylic acids is 2. The minimum atomic E-state index is -0.964. The number of nitrogens with zero attached hydrogens (tertiary/aromatic N) is 3. The third kappa shape index (κ3) is 7.33. The first kappa shape index (κ1) is 29.8. The van der Waals surface area contributed by atoms with Gasteiger partial charge in [0, 0.05) is 25.3 Å². The normalized spacial score (nSPS) is 17.2. The summed E-state index contributed by atoms with van der Waals surface area (Å²) < 4.78 is 49.5. The van der Waals surface area contributed by atoms with Crippen molar-refractivity contribution in [3.63, 3.8) is 0 Å². The summed E-state index contributed by atoms with van der Waals surface area (Å²) in [5, 5.41) is 5.67. The van der Waals surface area contributed by atoms with E-state index in [0.29, 0.717) is 36.4 Å². The molecule has 4 rings (SSSR count). The number of anilines is 2. The number of nitrogens with one attached hydrogen (secondary N) is 2. The molecule has 1 aliphatic rings. The molecular formula is C30H34F3N5O3. The molecule has 8 nitrogen and oxygen atoms in total. The Labute approximate surface area is 237 Å². The average molecular weight is 570 g/mol. The van der Waals surface area contributed by atoms with Crippen molar-refractivity contribution in [2.45, 2.75) is 59.1 Å². The van der Waals surface area contributed by atoms with Gasteiger partial charge in [-0.05, 0) is 75.4 Å². The maximum atomic E-state index is 14.7. The minimum absolute atomic E-state index is 0.199. The molecule has 41 heavy (non-hydrogen) atoms. The number of rotatable bonds is 6. The van der Waals surface area contributed by atoms with Crippen LogP contribution in [-0.2, 0) is 11.2 Å². The lowest BCUT2D eigenvalue weighted by molar-refractivity contribution is 0.0495. The van der Waals surface area contributed by atoms with Gasteiger partial charge in [-0.25, -0.2) is 22.9 Å². The lowest BCUT2D eigenvalue weighted by Gasteiger charge is -2.39. The van der Waals surface area contributed by atoms with Crippen molar-refractivity contribution < 1.29 is 27.5 Å². The van der Waals surface area contributed by atoms with Gasteiger partial charge in [-0.1, -0.05) is 13.8 Å². The number of pyridine rings is 2. The highest BCUT2D eigenvalue weighted by atomic mass is 19.1. The second-order valence-electron chi connectivity index (χ2n) is 11.3. The number of benzene rings is 1. The standard InChI is InChI=1S/C30H34F3N5O3/c1-6-18-12-21(32)26(22(33)13-18)27-20(31)7-8-23(36-27)28(39)37-24-14-34-10-9-25(24)38-15-17(2)11-19(16-38)35-29(40)41-30(3,4)5/h7-10,12-14,17,19H,6,11,15-16H2,1-5H3,(H,35,40)(H,37,39)/t17?,19-/m0/s1. The number of piperidine rings is 1. The molecule has 0 radical (unpaired) electrons. The molecular weight excluding hydrogens is 535 g/mol. The van der Waals surface area contributed by atoms with Crippen molar-refractivity contribution in [1.29, 1.82) is 0 Å². The second kappa shape index (κ2) is 12.2. The van der Waals surface area contributed by atoms with E-state index in [2.05, 4.69) is 27.5 Å². The molecule has 2 amide bonds. The monoisotopic (exact) mass is 569 g/mol. The summed E-state index contributed by atoms with van der Waals surface area (Å²) in [6.07, 6.45) is 3.69. The number of carbonyl (C=O) groups is 2. The van der Waals surface area contributed by atoms with Gasteiger partial charge in [0.15, 0.2) is 0 Å². The fourth-order valence-corrected chi connectivity index (χ4v) is 4.87. The first-order chi connectivity index (χ1) is 19.3. The molecule has 1 fully saturated rings. The van der Waals surface area contributed by atoms with Crippen molar-refractivity contribution in [2.24, 2.45) is 5.92 Å². The maximum absolute atomic E-state index is 14.7. The maximum Gasteiger partial charge on any atom is 0.407 e. The van der Waals surface area contributed by atoms with E-state index in [1.807, 2.05) is 4.90 Å². The van der Waals surface area contributed by atoms with E-state index in [0.717, 1.165) is 30.7 Å². The molecule has 0 bridgehead atoms. The Bertz CT molecular complexity index is 1420. The Hall–Kier alpha value is -4.15. The molecule has 1 unspecified atom stereocenters. The molecule has 3 heterocycles. The quantitative estimate of drug-likeness (QED) is 0.372. The van der Waals surface area contributed by atoms with E-state index in [1.54, 1.807) is 40.0 Å². The fourth-order valence-electron chi connectivity index (χ4n) is 4.87. The lowest BCUT2D eigenvalue weighted by Crippen LogP contribution is -2.51. The molecule has 2 aromatic heterocycles. The van der Waals surface area contributed by atoms with Gasteiger partial charge in [0.2, 0.25) is 0 Å². The number of hydrogen-bond acceptors (Lipinski definition) is 6. The number of ether oxygens (including phenoxy) is 1. The summed E-state index contributed by atoms with van der Waals surface area (Å²) in [6.45, 7) is 10.3. The van der Waals surface area contributed by atoms with Gasteiger partial charge < -0.3 is 20.3 Å². The van der Waals surface area contributed by atoms with Crippen LogP contribution in [-0.4, -0.2) is 46.7 Å². The largest absolute Gasteiger partial charge is 0.444 e. The van der Waals surface area contributed by atoms with E-state index in [4.69, 9.17) is 4.74 Å². The van der Waals surface area contributed by atoms with Crippen molar-refractivity contribution >= 4 is 23.4 Å². The first-order valence-electron chi connectivity index (χ1n) is 13.5. The van der Waals surface area contributed by atoms with Crippen molar-refractivity contribution in [1.82, 2.24) is 15.3 Å². The SMILES string of the molecule is CCc1cc(F)c(-c2nc(C(=O)Nc3cnccc3N3CC(C)C[C@H](NC(=O)OC(C)(C)C)C3)ccc2F)c(F)c1. The molecule has 3 aromatic rings. The molecule has 1 aromatic carbocycles. The molecule has 218 valence electrons. The van der Waals surface area contributed by atoms with E-state index in [9.17, 15) is 22.8 Å². The highest BCUT2D eigenvalue weighted by Crippen LogP contribution is 2.31. The fraction of sp³-hybridized carbons (Fsp3) is 0.400. The summed E-state index contributed by atoms with van der Waals surface area (Å²) in [5.74, 6) is -3.38. The van der Waals surface area contributed by atoms with Crippen LogP contribution in [0.4, 0.5) is 29.3 Å². The van der Waals surface area contributed by atoms with Crippen LogP contribution < -0.4 is 15.5 Å². The minimum Gasteiger partial charge on any atom is -0.444 e. The van der Waals surface area contributed by atoms with Crippen LogP contribution in [0.1, 0.15) is 57.1 Å². The van der Waals surface area contributed by atoms with Gasteiger partial charge in [-0.15, -0.1) is 0 Å². The van der Waals surface area contributed by atoms with Crippen LogP contribution in [0.5, 0.6) is 0 Å². The number of halogens is 3. The lowest BCUT2D eigenvalue weighted by atomic mass is 9.95. The Balaban J connectivity index is 1.56. The third-order valence-electron chi connectivity index (χ3n) is 6.59. The van der Waals surface area contributed by atoms with Gasteiger partial charge >= 0.3 is 6.09 Å². The Kier molecular flexibility index (Phi) is 8.84. The molecule has 0 saturated carbocycles. The van der Waals surface area contributed by atoms with E-state index in [1.165, 1.54) is 6.20 Å². The van der Waals surface area contributed by atoms with Crippen LogP contribution in [0, 0.1) is 23.4 Å². The first-order valence-corrected chi connectivity index (χ1v) is 13.5. The Morgan fingerprint density at radius 1 is 1.07 bits per heavy atom. The van der Waals surface area contributed by atoms with Crippen LogP contribution in [0.25, 0.3) is 11.3 Å². The number of aromatic nitrogens is 2. The van der Waals surface area contributed by atoms with Gasteiger partial charge in [-0.2, -0.15) is 0 Å². The molecule has 1 saturated heterocycles. The van der Waals surface area contributed by atoms with E-state index in [-0.39, 0.29) is 17.7 Å². The molecule has 2 N–H and O–H groups in total. The molecule has 1 aliphatic heterocycles. The predicted octanol–water partition coefficient (Wildman–Crippen LogP) is 6.12. The molecule has 0 aliphatic carbocycles. The highest BCUT2D eigenvalue weighted by Gasteiger charge is 2.29.